The lowest BCUT2D eigenvalue weighted by Crippen LogP contribution is -2.47. The number of nitrogens with zero attached hydrogens (tertiary/aromatic N) is 6. The zero-order chi connectivity index (χ0) is 28.9. The van der Waals surface area contributed by atoms with Crippen molar-refractivity contribution < 1.29 is 31.1 Å². The Hall–Kier alpha value is -4.16. The number of fused-ring (bicyclic) bond motifs is 1. The Morgan fingerprint density at radius 1 is 1.05 bits per heavy atom. The van der Waals surface area contributed by atoms with Gasteiger partial charge < -0.3 is 4.90 Å². The van der Waals surface area contributed by atoms with Crippen LogP contribution in [0.1, 0.15) is 60.2 Å². The SMILES string of the molecule is CCC1Cc2c(nn(C)c2-c2cc(F)c(F)c(F)c2)C(CC)N1C(=O)c1ccccc1-n1ncnc1C(F)(F)F. The van der Waals surface area contributed by atoms with E-state index in [1.165, 1.54) is 22.9 Å². The molecule has 0 saturated carbocycles. The second-order valence-corrected chi connectivity index (χ2v) is 9.50. The highest BCUT2D eigenvalue weighted by molar-refractivity contribution is 5.98. The molecule has 210 valence electrons. The molecule has 2 aromatic carbocycles. The van der Waals surface area contributed by atoms with Crippen LogP contribution in [0, 0.1) is 17.5 Å². The van der Waals surface area contributed by atoms with Crippen molar-refractivity contribution in [3.05, 3.63) is 82.8 Å². The fourth-order valence-electron chi connectivity index (χ4n) is 5.46. The van der Waals surface area contributed by atoms with Gasteiger partial charge in [0.2, 0.25) is 5.82 Å². The predicted octanol–water partition coefficient (Wildman–Crippen LogP) is 6.03. The predicted molar refractivity (Wildman–Crippen MR) is 132 cm³/mol. The van der Waals surface area contributed by atoms with Crippen molar-refractivity contribution in [2.75, 3.05) is 0 Å². The highest BCUT2D eigenvalue weighted by Gasteiger charge is 2.42. The van der Waals surface area contributed by atoms with Gasteiger partial charge in [0.1, 0.15) is 6.33 Å². The summed E-state index contributed by atoms with van der Waals surface area (Å²) < 4.78 is 84.8. The number of rotatable bonds is 5. The van der Waals surface area contributed by atoms with E-state index in [0.717, 1.165) is 18.5 Å². The Kier molecular flexibility index (Phi) is 6.92. The molecule has 2 aromatic heterocycles. The molecule has 1 aliphatic rings. The van der Waals surface area contributed by atoms with Gasteiger partial charge in [0, 0.05) is 24.2 Å². The van der Waals surface area contributed by atoms with E-state index in [0.29, 0.717) is 34.5 Å². The molecule has 0 radical (unpaired) electrons. The second-order valence-electron chi connectivity index (χ2n) is 9.50. The molecule has 5 rings (SSSR count). The topological polar surface area (TPSA) is 68.8 Å². The first-order chi connectivity index (χ1) is 19.0. The third-order valence-corrected chi connectivity index (χ3v) is 7.17. The van der Waals surface area contributed by atoms with Crippen molar-refractivity contribution >= 4 is 5.91 Å². The Labute approximate surface area is 225 Å². The van der Waals surface area contributed by atoms with Gasteiger partial charge in [-0.05, 0) is 43.5 Å². The molecule has 40 heavy (non-hydrogen) atoms. The largest absolute Gasteiger partial charge is 0.451 e. The molecule has 1 amide bonds. The molecule has 7 nitrogen and oxygen atoms in total. The summed E-state index contributed by atoms with van der Waals surface area (Å²) >= 11 is 0. The standard InChI is InChI=1S/C27H24F6N6O/c1-4-15-12-17-23(36-37(3)24(17)14-10-18(28)22(30)19(29)11-14)20(5-2)38(15)25(40)16-8-6-7-9-21(16)39-26(27(31,32)33)34-13-35-39/h6-11,13,15,20H,4-5,12H2,1-3H3. The number of hydrogen-bond donors (Lipinski definition) is 0. The number of carbonyl (C=O) groups is 1. The molecule has 2 atom stereocenters. The number of aromatic nitrogens is 5. The summed E-state index contributed by atoms with van der Waals surface area (Å²) in [5.74, 6) is -6.02. The maximum absolute atomic E-state index is 14.1. The molecule has 2 unspecified atom stereocenters. The third kappa shape index (κ3) is 4.42. The minimum Gasteiger partial charge on any atom is -0.327 e. The van der Waals surface area contributed by atoms with Crippen molar-refractivity contribution in [2.24, 2.45) is 7.05 Å². The molecule has 0 N–H and O–H groups in total. The maximum atomic E-state index is 14.1. The number of carbonyl (C=O) groups excluding carboxylic acids is 1. The van der Waals surface area contributed by atoms with Gasteiger partial charge in [-0.3, -0.25) is 9.48 Å². The summed E-state index contributed by atoms with van der Waals surface area (Å²) in [7, 11) is 1.59. The minimum atomic E-state index is -4.80. The van der Waals surface area contributed by atoms with E-state index in [2.05, 4.69) is 15.2 Å². The normalized spacial score (nSPS) is 17.3. The van der Waals surface area contributed by atoms with Crippen molar-refractivity contribution in [3.63, 3.8) is 0 Å². The summed E-state index contributed by atoms with van der Waals surface area (Å²) in [5.41, 5.74) is 1.59. The molecule has 4 aromatic rings. The lowest BCUT2D eigenvalue weighted by Gasteiger charge is -2.41. The quantitative estimate of drug-likeness (QED) is 0.220. The molecule has 13 heteroatoms. The Morgan fingerprint density at radius 2 is 1.73 bits per heavy atom. The highest BCUT2D eigenvalue weighted by Crippen LogP contribution is 2.42. The van der Waals surface area contributed by atoms with Gasteiger partial charge in [-0.2, -0.15) is 23.4 Å². The van der Waals surface area contributed by atoms with Gasteiger partial charge in [0.05, 0.1) is 28.7 Å². The van der Waals surface area contributed by atoms with E-state index in [1.807, 2.05) is 13.8 Å². The van der Waals surface area contributed by atoms with Crippen LogP contribution in [0.15, 0.2) is 42.7 Å². The number of halogens is 6. The number of aryl methyl sites for hydroxylation is 1. The molecular formula is C27H24F6N6O. The summed E-state index contributed by atoms with van der Waals surface area (Å²) in [6.07, 6.45) is -2.89. The molecule has 0 spiro atoms. The van der Waals surface area contributed by atoms with Gasteiger partial charge >= 0.3 is 6.18 Å². The number of hydrogen-bond acceptors (Lipinski definition) is 4. The van der Waals surface area contributed by atoms with E-state index in [9.17, 15) is 31.1 Å². The van der Waals surface area contributed by atoms with Crippen molar-refractivity contribution in [3.8, 4) is 16.9 Å². The number of amides is 1. The van der Waals surface area contributed by atoms with E-state index in [1.54, 1.807) is 18.0 Å². The monoisotopic (exact) mass is 562 g/mol. The minimum absolute atomic E-state index is 0.00215. The Bertz CT molecular complexity index is 1570. The van der Waals surface area contributed by atoms with Crippen LogP contribution in [0.4, 0.5) is 26.3 Å². The summed E-state index contributed by atoms with van der Waals surface area (Å²) in [6, 6.07) is 6.64. The summed E-state index contributed by atoms with van der Waals surface area (Å²) in [4.78, 5) is 19.1. The molecule has 0 saturated heterocycles. The van der Waals surface area contributed by atoms with Crippen molar-refractivity contribution in [1.82, 2.24) is 29.4 Å². The summed E-state index contributed by atoms with van der Waals surface area (Å²) in [6.45, 7) is 3.70. The second kappa shape index (κ2) is 10.1. The van der Waals surface area contributed by atoms with E-state index in [4.69, 9.17) is 0 Å². The van der Waals surface area contributed by atoms with Gasteiger partial charge in [0.25, 0.3) is 5.91 Å². The lowest BCUT2D eigenvalue weighted by atomic mass is 9.87. The van der Waals surface area contributed by atoms with Crippen LogP contribution in [-0.4, -0.2) is 41.4 Å². The molecule has 0 fully saturated rings. The highest BCUT2D eigenvalue weighted by atomic mass is 19.4. The van der Waals surface area contributed by atoms with Crippen LogP contribution in [-0.2, 0) is 19.6 Å². The first-order valence-electron chi connectivity index (χ1n) is 12.6. The number of benzene rings is 2. The summed E-state index contributed by atoms with van der Waals surface area (Å²) in [5, 5.41) is 8.32. The molecule has 1 aliphatic heterocycles. The van der Waals surface area contributed by atoms with Crippen LogP contribution in [0.3, 0.4) is 0 Å². The molecule has 3 heterocycles. The lowest BCUT2D eigenvalue weighted by molar-refractivity contribution is -0.146. The zero-order valence-electron chi connectivity index (χ0n) is 21.7. The fourth-order valence-corrected chi connectivity index (χ4v) is 5.46. The smallest absolute Gasteiger partial charge is 0.327 e. The van der Waals surface area contributed by atoms with Crippen LogP contribution in [0.25, 0.3) is 16.9 Å². The van der Waals surface area contributed by atoms with E-state index < -0.39 is 47.4 Å². The first kappa shape index (κ1) is 27.4. The van der Waals surface area contributed by atoms with Crippen LogP contribution < -0.4 is 0 Å². The van der Waals surface area contributed by atoms with Crippen LogP contribution in [0.5, 0.6) is 0 Å². The average molecular weight is 563 g/mol. The number of para-hydroxylation sites is 1. The van der Waals surface area contributed by atoms with Crippen LogP contribution in [0.2, 0.25) is 0 Å². The molecule has 0 aliphatic carbocycles. The molecule has 0 bridgehead atoms. The van der Waals surface area contributed by atoms with Gasteiger partial charge in [-0.25, -0.2) is 22.8 Å². The average Bonchev–Trinajstić information content (AvgIpc) is 3.54. The Balaban J connectivity index is 1.62. The maximum Gasteiger partial charge on any atom is 0.451 e. The number of alkyl halides is 3. The fraction of sp³-hybridized carbons (Fsp3) is 0.333. The van der Waals surface area contributed by atoms with Crippen molar-refractivity contribution in [2.45, 2.75) is 51.4 Å². The Morgan fingerprint density at radius 3 is 2.35 bits per heavy atom. The van der Waals surface area contributed by atoms with Crippen molar-refractivity contribution in [1.29, 1.82) is 0 Å². The van der Waals surface area contributed by atoms with Gasteiger partial charge in [-0.15, -0.1) is 0 Å². The van der Waals surface area contributed by atoms with E-state index in [-0.39, 0.29) is 23.2 Å². The van der Waals surface area contributed by atoms with Crippen LogP contribution >= 0.6 is 0 Å². The van der Waals surface area contributed by atoms with Gasteiger partial charge in [-0.1, -0.05) is 26.0 Å². The third-order valence-electron chi connectivity index (χ3n) is 7.17. The van der Waals surface area contributed by atoms with E-state index >= 15 is 0 Å². The first-order valence-corrected chi connectivity index (χ1v) is 12.6. The zero-order valence-corrected chi connectivity index (χ0v) is 21.7. The molecular weight excluding hydrogens is 538 g/mol. The van der Waals surface area contributed by atoms with Gasteiger partial charge in [0.15, 0.2) is 17.5 Å².